The van der Waals surface area contributed by atoms with Crippen LogP contribution in [0.1, 0.15) is 22.5 Å². The first-order valence-electron chi connectivity index (χ1n) is 5.74. The van der Waals surface area contributed by atoms with E-state index in [1.807, 2.05) is 26.1 Å². The van der Waals surface area contributed by atoms with E-state index in [1.54, 1.807) is 6.20 Å². The first-order valence-corrected chi connectivity index (χ1v) is 5.74. The maximum absolute atomic E-state index is 4.64. The van der Waals surface area contributed by atoms with Gasteiger partial charge in [0.15, 0.2) is 5.82 Å². The molecule has 0 aromatic carbocycles. The lowest BCUT2D eigenvalue weighted by Gasteiger charge is -2.07. The molecule has 2 aromatic heterocycles. The van der Waals surface area contributed by atoms with Gasteiger partial charge in [-0.3, -0.25) is 4.98 Å². The molecule has 86 valence electrons. The van der Waals surface area contributed by atoms with Crippen LogP contribution in [0.15, 0.2) is 18.5 Å². The summed E-state index contributed by atoms with van der Waals surface area (Å²) in [4.78, 5) is 13.3. The second-order valence-electron chi connectivity index (χ2n) is 4.35. The van der Waals surface area contributed by atoms with Gasteiger partial charge in [0, 0.05) is 42.3 Å². The minimum atomic E-state index is 0.810. The van der Waals surface area contributed by atoms with E-state index in [0.717, 1.165) is 41.4 Å². The fourth-order valence-corrected chi connectivity index (χ4v) is 2.18. The highest BCUT2D eigenvalue weighted by molar-refractivity contribution is 5.59. The minimum absolute atomic E-state index is 0.810. The third kappa shape index (κ3) is 1.70. The van der Waals surface area contributed by atoms with Crippen LogP contribution < -0.4 is 5.32 Å². The molecule has 0 saturated carbocycles. The first kappa shape index (κ1) is 10.4. The van der Waals surface area contributed by atoms with Crippen molar-refractivity contribution >= 4 is 0 Å². The van der Waals surface area contributed by atoms with Crippen LogP contribution in [0.25, 0.3) is 11.4 Å². The van der Waals surface area contributed by atoms with Crippen molar-refractivity contribution in [3.8, 4) is 11.4 Å². The molecule has 1 aliphatic heterocycles. The summed E-state index contributed by atoms with van der Waals surface area (Å²) in [6.07, 6.45) is 3.63. The summed E-state index contributed by atoms with van der Waals surface area (Å²) in [5.41, 5.74) is 5.63. The first-order chi connectivity index (χ1) is 8.25. The number of nitrogens with one attached hydrogen (secondary N) is 1. The van der Waals surface area contributed by atoms with Crippen LogP contribution in [-0.2, 0) is 13.1 Å². The number of hydrogen-bond donors (Lipinski definition) is 1. The Kier molecular flexibility index (Phi) is 2.37. The third-order valence-corrected chi connectivity index (χ3v) is 3.15. The molecule has 0 aliphatic carbocycles. The Hall–Kier alpha value is -1.81. The Balaban J connectivity index is 2.17. The molecular weight excluding hydrogens is 212 g/mol. The van der Waals surface area contributed by atoms with E-state index in [4.69, 9.17) is 0 Å². The van der Waals surface area contributed by atoms with Gasteiger partial charge in [0.25, 0.3) is 0 Å². The zero-order valence-corrected chi connectivity index (χ0v) is 9.99. The van der Waals surface area contributed by atoms with Gasteiger partial charge in [-0.1, -0.05) is 0 Å². The van der Waals surface area contributed by atoms with Gasteiger partial charge in [-0.15, -0.1) is 0 Å². The summed E-state index contributed by atoms with van der Waals surface area (Å²) < 4.78 is 0. The van der Waals surface area contributed by atoms with Crippen LogP contribution >= 0.6 is 0 Å². The molecule has 3 heterocycles. The lowest BCUT2D eigenvalue weighted by molar-refractivity contribution is 0.757. The van der Waals surface area contributed by atoms with Crippen LogP contribution in [0.4, 0.5) is 0 Å². The minimum Gasteiger partial charge on any atom is -0.307 e. The van der Waals surface area contributed by atoms with Gasteiger partial charge in [0.2, 0.25) is 0 Å². The third-order valence-electron chi connectivity index (χ3n) is 3.15. The smallest absolute Gasteiger partial charge is 0.160 e. The molecule has 2 aromatic rings. The molecule has 0 spiro atoms. The van der Waals surface area contributed by atoms with Crippen molar-refractivity contribution in [1.29, 1.82) is 0 Å². The highest BCUT2D eigenvalue weighted by Gasteiger charge is 2.17. The Morgan fingerprint density at radius 1 is 1.18 bits per heavy atom. The number of aromatic nitrogens is 3. The molecule has 0 bridgehead atoms. The Morgan fingerprint density at radius 3 is 2.88 bits per heavy atom. The molecule has 0 fully saturated rings. The summed E-state index contributed by atoms with van der Waals surface area (Å²) in [6.45, 7) is 5.81. The van der Waals surface area contributed by atoms with E-state index in [1.165, 1.54) is 5.56 Å². The van der Waals surface area contributed by atoms with E-state index < -0.39 is 0 Å². The molecule has 0 saturated heterocycles. The summed E-state index contributed by atoms with van der Waals surface area (Å²) in [7, 11) is 0. The van der Waals surface area contributed by atoms with Crippen LogP contribution in [0.3, 0.4) is 0 Å². The number of rotatable bonds is 1. The molecule has 0 amide bonds. The molecule has 1 aliphatic rings. The van der Waals surface area contributed by atoms with Crippen molar-refractivity contribution in [1.82, 2.24) is 20.3 Å². The van der Waals surface area contributed by atoms with E-state index in [9.17, 15) is 0 Å². The highest BCUT2D eigenvalue weighted by atomic mass is 15.0. The summed E-state index contributed by atoms with van der Waals surface area (Å²) in [6, 6.07) is 1.97. The Bertz CT molecular complexity index is 578. The summed E-state index contributed by atoms with van der Waals surface area (Å²) in [5.74, 6) is 0.810. The topological polar surface area (TPSA) is 50.7 Å². The summed E-state index contributed by atoms with van der Waals surface area (Å²) >= 11 is 0. The predicted octanol–water partition coefficient (Wildman–Crippen LogP) is 1.76. The zero-order valence-electron chi connectivity index (χ0n) is 9.99. The van der Waals surface area contributed by atoms with Gasteiger partial charge in [0.05, 0.1) is 5.69 Å². The normalized spacial score (nSPS) is 13.8. The predicted molar refractivity (Wildman–Crippen MR) is 65.3 cm³/mol. The van der Waals surface area contributed by atoms with E-state index in [2.05, 4.69) is 20.3 Å². The van der Waals surface area contributed by atoms with E-state index >= 15 is 0 Å². The highest BCUT2D eigenvalue weighted by Crippen LogP contribution is 2.23. The zero-order chi connectivity index (χ0) is 11.8. The standard InChI is InChI=1S/C13H14N4/c1-8-5-14-4-3-10(8)13-16-9(2)11-6-15-7-12(11)17-13/h3-5,15H,6-7H2,1-2H3. The fraction of sp³-hybridized carbons (Fsp3) is 0.308. The lowest BCUT2D eigenvalue weighted by Crippen LogP contribution is -2.01. The van der Waals surface area contributed by atoms with Gasteiger partial charge >= 0.3 is 0 Å². The van der Waals surface area contributed by atoms with Gasteiger partial charge < -0.3 is 5.32 Å². The van der Waals surface area contributed by atoms with Crippen molar-refractivity contribution in [2.24, 2.45) is 0 Å². The van der Waals surface area contributed by atoms with Gasteiger partial charge in [-0.05, 0) is 25.5 Å². The molecule has 3 rings (SSSR count). The second kappa shape index (κ2) is 3.89. The fourth-order valence-electron chi connectivity index (χ4n) is 2.18. The van der Waals surface area contributed by atoms with E-state index in [0.29, 0.717) is 0 Å². The number of nitrogens with zero attached hydrogens (tertiary/aromatic N) is 3. The van der Waals surface area contributed by atoms with Crippen molar-refractivity contribution in [2.75, 3.05) is 0 Å². The molecular formula is C13H14N4. The Labute approximate surface area is 100 Å². The van der Waals surface area contributed by atoms with Crippen LogP contribution in [-0.4, -0.2) is 15.0 Å². The molecule has 0 atom stereocenters. The van der Waals surface area contributed by atoms with Crippen LogP contribution in [0, 0.1) is 13.8 Å². The van der Waals surface area contributed by atoms with Crippen molar-refractivity contribution in [3.05, 3.63) is 41.0 Å². The quantitative estimate of drug-likeness (QED) is 0.805. The maximum atomic E-state index is 4.64. The van der Waals surface area contributed by atoms with Crippen LogP contribution in [0.5, 0.6) is 0 Å². The molecule has 1 N–H and O–H groups in total. The average molecular weight is 226 g/mol. The molecule has 4 heteroatoms. The monoisotopic (exact) mass is 226 g/mol. The summed E-state index contributed by atoms with van der Waals surface area (Å²) in [5, 5.41) is 3.31. The number of hydrogen-bond acceptors (Lipinski definition) is 4. The number of aryl methyl sites for hydroxylation is 2. The molecule has 0 unspecified atom stereocenters. The van der Waals surface area contributed by atoms with Gasteiger partial charge in [0.1, 0.15) is 0 Å². The second-order valence-corrected chi connectivity index (χ2v) is 4.35. The lowest BCUT2D eigenvalue weighted by atomic mass is 10.1. The molecule has 4 nitrogen and oxygen atoms in total. The molecule has 0 radical (unpaired) electrons. The number of pyridine rings is 1. The maximum Gasteiger partial charge on any atom is 0.160 e. The van der Waals surface area contributed by atoms with Crippen molar-refractivity contribution in [3.63, 3.8) is 0 Å². The molecule has 17 heavy (non-hydrogen) atoms. The largest absolute Gasteiger partial charge is 0.307 e. The van der Waals surface area contributed by atoms with Crippen molar-refractivity contribution in [2.45, 2.75) is 26.9 Å². The van der Waals surface area contributed by atoms with Crippen molar-refractivity contribution < 1.29 is 0 Å². The van der Waals surface area contributed by atoms with Gasteiger partial charge in [-0.2, -0.15) is 0 Å². The SMILES string of the molecule is Cc1cnccc1-c1nc(C)c2c(n1)CNC2. The van der Waals surface area contributed by atoms with Gasteiger partial charge in [-0.25, -0.2) is 9.97 Å². The van der Waals surface area contributed by atoms with E-state index in [-0.39, 0.29) is 0 Å². The van der Waals surface area contributed by atoms with Crippen LogP contribution in [0.2, 0.25) is 0 Å². The number of fused-ring (bicyclic) bond motifs is 1. The average Bonchev–Trinajstić information content (AvgIpc) is 2.78. The Morgan fingerprint density at radius 2 is 2.06 bits per heavy atom.